The van der Waals surface area contributed by atoms with E-state index >= 15 is 0 Å². The summed E-state index contributed by atoms with van der Waals surface area (Å²) in [6.07, 6.45) is 0.493. The van der Waals surface area contributed by atoms with E-state index in [9.17, 15) is 13.2 Å². The molecule has 0 amide bonds. The van der Waals surface area contributed by atoms with Gasteiger partial charge in [0, 0.05) is 44.2 Å². The fraction of sp³-hybridized carbons (Fsp3) is 0.536. The predicted octanol–water partition coefficient (Wildman–Crippen LogP) is 4.96. The standard InChI is InChI=1S/C28H34F3N9/c1-17-9-21(11-23(10-17)28(29,30)31)15-40(27-33-36-38(4)35-27)16-22-12-24-18(2)34-37(3)26(24)32-25(22)39(13-19-5-6-19)14-20-7-8-20/h9-12,19-20H,5-8,13-16H2,1-4H3. The van der Waals surface area contributed by atoms with Crippen molar-refractivity contribution in [3.63, 3.8) is 0 Å². The minimum Gasteiger partial charge on any atom is -0.356 e. The number of anilines is 2. The van der Waals surface area contributed by atoms with Crippen LogP contribution < -0.4 is 9.80 Å². The molecule has 0 N–H and O–H groups in total. The van der Waals surface area contributed by atoms with Gasteiger partial charge in [-0.1, -0.05) is 16.7 Å². The van der Waals surface area contributed by atoms with Gasteiger partial charge in [0.05, 0.1) is 18.3 Å². The first-order valence-electron chi connectivity index (χ1n) is 13.8. The van der Waals surface area contributed by atoms with Gasteiger partial charge in [0.2, 0.25) is 0 Å². The van der Waals surface area contributed by atoms with Gasteiger partial charge >= 0.3 is 6.18 Å². The molecule has 6 rings (SSSR count). The smallest absolute Gasteiger partial charge is 0.356 e. The molecule has 2 aliphatic rings. The van der Waals surface area contributed by atoms with Crippen molar-refractivity contribution in [2.75, 3.05) is 22.9 Å². The molecule has 0 radical (unpaired) electrons. The second-order valence-electron chi connectivity index (χ2n) is 11.5. The lowest BCUT2D eigenvalue weighted by Crippen LogP contribution is -2.32. The molecule has 1 aromatic carbocycles. The largest absolute Gasteiger partial charge is 0.416 e. The number of pyridine rings is 1. The summed E-state index contributed by atoms with van der Waals surface area (Å²) in [4.78, 5) is 10.8. The second-order valence-corrected chi connectivity index (χ2v) is 11.5. The van der Waals surface area contributed by atoms with E-state index in [0.717, 1.165) is 41.2 Å². The van der Waals surface area contributed by atoms with E-state index in [4.69, 9.17) is 4.98 Å². The molecule has 0 bridgehead atoms. The third-order valence-corrected chi connectivity index (χ3v) is 7.69. The van der Waals surface area contributed by atoms with Gasteiger partial charge in [0.1, 0.15) is 5.82 Å². The van der Waals surface area contributed by atoms with E-state index in [-0.39, 0.29) is 6.54 Å². The summed E-state index contributed by atoms with van der Waals surface area (Å²) >= 11 is 0. The minimum atomic E-state index is -4.43. The number of hydrogen-bond acceptors (Lipinski definition) is 7. The van der Waals surface area contributed by atoms with Crippen LogP contribution in [-0.4, -0.2) is 48.1 Å². The molecule has 40 heavy (non-hydrogen) atoms. The van der Waals surface area contributed by atoms with Crippen molar-refractivity contribution in [3.05, 3.63) is 52.2 Å². The first-order valence-corrected chi connectivity index (χ1v) is 13.8. The van der Waals surface area contributed by atoms with Crippen molar-refractivity contribution in [2.45, 2.75) is 58.8 Å². The Balaban J connectivity index is 1.42. The number of nitrogens with zero attached hydrogens (tertiary/aromatic N) is 9. The van der Waals surface area contributed by atoms with Crippen LogP contribution >= 0.6 is 0 Å². The fourth-order valence-electron chi connectivity index (χ4n) is 5.38. The normalized spacial score (nSPS) is 15.7. The Morgan fingerprint density at radius 2 is 1.60 bits per heavy atom. The summed E-state index contributed by atoms with van der Waals surface area (Å²) in [5.74, 6) is 2.59. The van der Waals surface area contributed by atoms with Gasteiger partial charge in [-0.05, 0) is 80.3 Å². The Labute approximate surface area is 231 Å². The Kier molecular flexibility index (Phi) is 6.66. The van der Waals surface area contributed by atoms with Gasteiger partial charge in [-0.25, -0.2) is 4.98 Å². The van der Waals surface area contributed by atoms with E-state index in [0.29, 0.717) is 35.5 Å². The van der Waals surface area contributed by atoms with Crippen LogP contribution in [0.15, 0.2) is 24.3 Å². The summed E-state index contributed by atoms with van der Waals surface area (Å²) in [7, 11) is 3.58. The van der Waals surface area contributed by atoms with Crippen molar-refractivity contribution in [1.82, 2.24) is 35.0 Å². The average Bonchev–Trinajstić information content (AvgIpc) is 3.81. The van der Waals surface area contributed by atoms with E-state index in [1.165, 1.54) is 42.6 Å². The molecular formula is C28H34F3N9. The lowest BCUT2D eigenvalue weighted by atomic mass is 10.1. The highest BCUT2D eigenvalue weighted by Gasteiger charge is 2.33. The molecule has 2 fully saturated rings. The van der Waals surface area contributed by atoms with Crippen LogP contribution in [0.25, 0.3) is 11.0 Å². The molecule has 3 aromatic heterocycles. The molecule has 0 aliphatic heterocycles. The molecule has 12 heteroatoms. The average molecular weight is 554 g/mol. The Morgan fingerprint density at radius 1 is 0.900 bits per heavy atom. The van der Waals surface area contributed by atoms with Gasteiger partial charge in [-0.15, -0.1) is 5.10 Å². The van der Waals surface area contributed by atoms with Crippen molar-refractivity contribution >= 4 is 22.8 Å². The number of aryl methyl sites for hydroxylation is 4. The van der Waals surface area contributed by atoms with Crippen molar-refractivity contribution < 1.29 is 13.2 Å². The van der Waals surface area contributed by atoms with Crippen LogP contribution in [0.1, 0.15) is 53.6 Å². The predicted molar refractivity (Wildman–Crippen MR) is 146 cm³/mol. The number of halogens is 3. The molecule has 9 nitrogen and oxygen atoms in total. The van der Waals surface area contributed by atoms with Crippen LogP contribution in [-0.2, 0) is 33.4 Å². The minimum absolute atomic E-state index is 0.186. The van der Waals surface area contributed by atoms with Gasteiger partial charge in [-0.3, -0.25) is 4.68 Å². The van der Waals surface area contributed by atoms with Crippen LogP contribution in [0.3, 0.4) is 0 Å². The van der Waals surface area contributed by atoms with Gasteiger partial charge < -0.3 is 9.80 Å². The zero-order valence-corrected chi connectivity index (χ0v) is 23.3. The van der Waals surface area contributed by atoms with Crippen molar-refractivity contribution in [3.8, 4) is 0 Å². The Morgan fingerprint density at radius 3 is 2.20 bits per heavy atom. The first-order chi connectivity index (χ1) is 19.0. The molecule has 0 spiro atoms. The highest BCUT2D eigenvalue weighted by atomic mass is 19.4. The lowest BCUT2D eigenvalue weighted by Gasteiger charge is -2.29. The maximum atomic E-state index is 13.6. The number of rotatable bonds is 10. The Bertz CT molecular complexity index is 1520. The van der Waals surface area contributed by atoms with Crippen LogP contribution in [0.4, 0.5) is 24.9 Å². The number of benzene rings is 1. The number of tetrazole rings is 1. The molecule has 212 valence electrons. The third-order valence-electron chi connectivity index (χ3n) is 7.69. The SMILES string of the molecule is Cc1cc(CN(Cc2cc3c(C)nn(C)c3nc2N(CC2CC2)CC2CC2)c2nnn(C)n2)cc(C(F)(F)F)c1. The van der Waals surface area contributed by atoms with Gasteiger partial charge in [0.15, 0.2) is 5.65 Å². The summed E-state index contributed by atoms with van der Waals surface area (Å²) in [5.41, 5.74) is 3.09. The molecule has 2 saturated carbocycles. The Hall–Kier alpha value is -3.70. The van der Waals surface area contributed by atoms with E-state index in [1.54, 1.807) is 20.0 Å². The topological polar surface area (TPSA) is 80.8 Å². The fourth-order valence-corrected chi connectivity index (χ4v) is 5.38. The molecule has 3 heterocycles. The number of aromatic nitrogens is 7. The van der Waals surface area contributed by atoms with Gasteiger partial charge in [-0.2, -0.15) is 23.1 Å². The number of fused-ring (bicyclic) bond motifs is 1. The van der Waals surface area contributed by atoms with E-state index in [2.05, 4.69) is 31.5 Å². The number of hydrogen-bond donors (Lipinski definition) is 0. The third kappa shape index (κ3) is 5.75. The molecule has 4 aromatic rings. The van der Waals surface area contributed by atoms with Crippen LogP contribution in [0.2, 0.25) is 0 Å². The zero-order chi connectivity index (χ0) is 28.2. The summed E-state index contributed by atoms with van der Waals surface area (Å²) < 4.78 is 42.7. The van der Waals surface area contributed by atoms with Crippen molar-refractivity contribution in [1.29, 1.82) is 0 Å². The summed E-state index contributed by atoms with van der Waals surface area (Å²) in [5, 5.41) is 18.2. The number of alkyl halides is 3. The van der Waals surface area contributed by atoms with E-state index in [1.807, 2.05) is 23.6 Å². The zero-order valence-electron chi connectivity index (χ0n) is 23.3. The maximum Gasteiger partial charge on any atom is 0.416 e. The molecule has 0 atom stereocenters. The molecule has 2 aliphatic carbocycles. The molecular weight excluding hydrogens is 519 g/mol. The van der Waals surface area contributed by atoms with E-state index < -0.39 is 11.7 Å². The highest BCUT2D eigenvalue weighted by Crippen LogP contribution is 2.38. The monoisotopic (exact) mass is 553 g/mol. The van der Waals surface area contributed by atoms with Crippen LogP contribution in [0, 0.1) is 25.7 Å². The first kappa shape index (κ1) is 26.5. The summed E-state index contributed by atoms with van der Waals surface area (Å²) in [6.45, 7) is 6.10. The second kappa shape index (κ2) is 10.0. The lowest BCUT2D eigenvalue weighted by molar-refractivity contribution is -0.137. The molecule has 0 unspecified atom stereocenters. The summed E-state index contributed by atoms with van der Waals surface area (Å²) in [6, 6.07) is 6.28. The molecule has 0 saturated heterocycles. The maximum absolute atomic E-state index is 13.6. The quantitative estimate of drug-likeness (QED) is 0.275. The van der Waals surface area contributed by atoms with Gasteiger partial charge in [0.25, 0.3) is 5.95 Å². The highest BCUT2D eigenvalue weighted by molar-refractivity contribution is 5.81. The van der Waals surface area contributed by atoms with Crippen LogP contribution in [0.5, 0.6) is 0 Å². The van der Waals surface area contributed by atoms with Crippen molar-refractivity contribution in [2.24, 2.45) is 25.9 Å².